The third-order valence-corrected chi connectivity index (χ3v) is 6.29. The van der Waals surface area contributed by atoms with E-state index in [0.717, 1.165) is 44.4 Å². The van der Waals surface area contributed by atoms with Gasteiger partial charge in [-0.1, -0.05) is 45.0 Å². The Morgan fingerprint density at radius 1 is 1.03 bits per heavy atom. The van der Waals surface area contributed by atoms with Gasteiger partial charge in [-0.2, -0.15) is 10.1 Å². The number of aromatic nitrogens is 5. The van der Waals surface area contributed by atoms with Gasteiger partial charge in [-0.3, -0.25) is 4.57 Å². The van der Waals surface area contributed by atoms with Gasteiger partial charge in [0.05, 0.1) is 5.39 Å². The van der Waals surface area contributed by atoms with Gasteiger partial charge in [0.1, 0.15) is 0 Å². The number of anilines is 4. The zero-order valence-electron chi connectivity index (χ0n) is 21.2. The lowest BCUT2D eigenvalue weighted by molar-refractivity contribution is 0.194. The van der Waals surface area contributed by atoms with Crippen molar-refractivity contribution in [2.45, 2.75) is 40.0 Å². The number of benzene rings is 2. The van der Waals surface area contributed by atoms with Gasteiger partial charge >= 0.3 is 6.09 Å². The molecule has 9 nitrogen and oxygen atoms in total. The maximum atomic E-state index is 11.8. The summed E-state index contributed by atoms with van der Waals surface area (Å²) in [7, 11) is 1.85. The number of fused-ring (bicyclic) bond motifs is 2. The first kappa shape index (κ1) is 23.3. The molecule has 3 aromatic heterocycles. The lowest BCUT2D eigenvalue weighted by atomic mass is 9.89. The van der Waals surface area contributed by atoms with E-state index in [0.29, 0.717) is 17.4 Å². The first-order valence-corrected chi connectivity index (χ1v) is 11.7. The van der Waals surface area contributed by atoms with Crippen molar-refractivity contribution in [2.75, 3.05) is 10.6 Å². The van der Waals surface area contributed by atoms with E-state index in [-0.39, 0.29) is 5.41 Å². The lowest BCUT2D eigenvalue weighted by Gasteiger charge is -2.20. The Bertz CT molecular complexity index is 1620. The molecule has 0 aliphatic heterocycles. The Kier molecular flexibility index (Phi) is 5.43. The third kappa shape index (κ3) is 4.02. The molecule has 0 aliphatic rings. The Labute approximate surface area is 208 Å². The van der Waals surface area contributed by atoms with Crippen molar-refractivity contribution in [2.24, 2.45) is 7.05 Å². The van der Waals surface area contributed by atoms with E-state index in [4.69, 9.17) is 0 Å². The SMILES string of the molecule is Cc1cccc(C)c1Nc1nn(C)c2nc(Nc3ccc4c(C(C)(C)C)n(C(=O)O)cc4c3)ncc12. The first-order chi connectivity index (χ1) is 17.0. The summed E-state index contributed by atoms with van der Waals surface area (Å²) < 4.78 is 3.03. The van der Waals surface area contributed by atoms with Gasteiger partial charge in [-0.05, 0) is 37.1 Å². The molecular formula is C27H29N7O2. The van der Waals surface area contributed by atoms with Gasteiger partial charge in [-0.15, -0.1) is 0 Å². The Hall–Kier alpha value is -4.40. The largest absolute Gasteiger partial charge is 0.464 e. The van der Waals surface area contributed by atoms with Crippen molar-refractivity contribution in [3.63, 3.8) is 0 Å². The summed E-state index contributed by atoms with van der Waals surface area (Å²) in [6.07, 6.45) is 2.41. The van der Waals surface area contributed by atoms with Crippen LogP contribution in [0.2, 0.25) is 0 Å². The number of para-hydroxylation sites is 1. The molecule has 9 heteroatoms. The highest BCUT2D eigenvalue weighted by Crippen LogP contribution is 2.34. The van der Waals surface area contributed by atoms with Gasteiger partial charge in [0, 0.05) is 52.7 Å². The number of hydrogen-bond donors (Lipinski definition) is 3. The average molecular weight is 484 g/mol. The number of carbonyl (C=O) groups is 1. The second-order valence-electron chi connectivity index (χ2n) is 10.1. The molecule has 3 N–H and O–H groups in total. The van der Waals surface area contributed by atoms with Crippen molar-refractivity contribution >= 4 is 51.0 Å². The summed E-state index contributed by atoms with van der Waals surface area (Å²) in [5.74, 6) is 1.12. The minimum atomic E-state index is -0.999. The molecule has 5 aromatic rings. The predicted molar refractivity (Wildman–Crippen MR) is 143 cm³/mol. The number of carboxylic acid groups (broad SMARTS) is 1. The smallest absolute Gasteiger partial charge is 0.415 e. The van der Waals surface area contributed by atoms with Crippen molar-refractivity contribution < 1.29 is 9.90 Å². The summed E-state index contributed by atoms with van der Waals surface area (Å²) in [6, 6.07) is 11.9. The number of aryl methyl sites for hydroxylation is 3. The van der Waals surface area contributed by atoms with Crippen LogP contribution in [0, 0.1) is 13.8 Å². The van der Waals surface area contributed by atoms with Crippen molar-refractivity contribution in [1.29, 1.82) is 0 Å². The molecule has 0 amide bonds. The van der Waals surface area contributed by atoms with Crippen LogP contribution in [0.3, 0.4) is 0 Å². The molecule has 0 saturated heterocycles. The maximum Gasteiger partial charge on any atom is 0.415 e. The molecule has 3 heterocycles. The number of nitrogens with zero attached hydrogens (tertiary/aromatic N) is 5. The molecule has 5 rings (SSSR count). The second kappa shape index (κ2) is 8.37. The highest BCUT2D eigenvalue weighted by molar-refractivity contribution is 5.94. The van der Waals surface area contributed by atoms with E-state index >= 15 is 0 Å². The standard InChI is InChI=1S/C27H29N7O2/c1-15-8-7-9-16(2)21(15)30-23-20-13-28-25(31-24(20)33(6)32-23)29-18-10-11-19-17(12-18)14-34(26(35)36)22(19)27(3,4)5/h7-14H,1-6H3,(H,30,32)(H,35,36)(H,28,29,31). The topological polar surface area (TPSA) is 110 Å². The quantitative estimate of drug-likeness (QED) is 0.277. The Balaban J connectivity index is 1.48. The highest BCUT2D eigenvalue weighted by Gasteiger charge is 2.25. The average Bonchev–Trinajstić information content (AvgIpc) is 3.34. The van der Waals surface area contributed by atoms with Crippen molar-refractivity contribution in [3.05, 3.63) is 65.6 Å². The van der Waals surface area contributed by atoms with Crippen LogP contribution in [-0.2, 0) is 12.5 Å². The van der Waals surface area contributed by atoms with Crippen LogP contribution in [0.25, 0.3) is 21.8 Å². The molecule has 0 radical (unpaired) electrons. The highest BCUT2D eigenvalue weighted by atomic mass is 16.4. The van der Waals surface area contributed by atoms with Crippen LogP contribution >= 0.6 is 0 Å². The summed E-state index contributed by atoms with van der Waals surface area (Å²) >= 11 is 0. The molecule has 36 heavy (non-hydrogen) atoms. The molecular weight excluding hydrogens is 454 g/mol. The zero-order valence-corrected chi connectivity index (χ0v) is 21.2. The third-order valence-electron chi connectivity index (χ3n) is 6.29. The van der Waals surface area contributed by atoms with Crippen molar-refractivity contribution in [1.82, 2.24) is 24.3 Å². The summed E-state index contributed by atoms with van der Waals surface area (Å²) in [5, 5.41) is 23.6. The second-order valence-corrected chi connectivity index (χ2v) is 10.1. The molecule has 184 valence electrons. The van der Waals surface area contributed by atoms with Crippen LogP contribution in [0.1, 0.15) is 37.6 Å². The first-order valence-electron chi connectivity index (χ1n) is 11.7. The van der Waals surface area contributed by atoms with E-state index in [1.54, 1.807) is 17.1 Å². The van der Waals surface area contributed by atoms with Crippen LogP contribution in [-0.4, -0.2) is 35.5 Å². The van der Waals surface area contributed by atoms with Gasteiger partial charge in [-0.25, -0.2) is 14.5 Å². The Morgan fingerprint density at radius 3 is 2.42 bits per heavy atom. The fourth-order valence-electron chi connectivity index (χ4n) is 4.66. The predicted octanol–water partition coefficient (Wildman–Crippen LogP) is 6.25. The summed E-state index contributed by atoms with van der Waals surface area (Å²) in [4.78, 5) is 21.0. The van der Waals surface area contributed by atoms with Crippen LogP contribution in [0.15, 0.2) is 48.8 Å². The van der Waals surface area contributed by atoms with Gasteiger partial charge in [0.2, 0.25) is 5.95 Å². The van der Waals surface area contributed by atoms with E-state index in [2.05, 4.69) is 51.7 Å². The van der Waals surface area contributed by atoms with Crippen LogP contribution < -0.4 is 10.6 Å². The number of hydrogen-bond acceptors (Lipinski definition) is 6. The molecule has 0 unspecified atom stereocenters. The molecule has 0 atom stereocenters. The Morgan fingerprint density at radius 2 is 1.75 bits per heavy atom. The van der Waals surface area contributed by atoms with E-state index < -0.39 is 6.09 Å². The van der Waals surface area contributed by atoms with Gasteiger partial charge < -0.3 is 15.7 Å². The monoisotopic (exact) mass is 483 g/mol. The van der Waals surface area contributed by atoms with Crippen molar-refractivity contribution in [3.8, 4) is 0 Å². The van der Waals surface area contributed by atoms with Gasteiger partial charge in [0.25, 0.3) is 0 Å². The van der Waals surface area contributed by atoms with Crippen LogP contribution in [0.5, 0.6) is 0 Å². The summed E-state index contributed by atoms with van der Waals surface area (Å²) in [5.41, 5.74) is 5.18. The van der Waals surface area contributed by atoms with E-state index in [1.807, 2.05) is 52.1 Å². The molecule has 0 fully saturated rings. The fraction of sp³-hybridized carbons (Fsp3) is 0.259. The van der Waals surface area contributed by atoms with Crippen LogP contribution in [0.4, 0.5) is 27.9 Å². The number of rotatable bonds is 4. The molecule has 0 saturated carbocycles. The summed E-state index contributed by atoms with van der Waals surface area (Å²) in [6.45, 7) is 10.1. The minimum absolute atomic E-state index is 0.328. The minimum Gasteiger partial charge on any atom is -0.464 e. The molecule has 0 bridgehead atoms. The van der Waals surface area contributed by atoms with E-state index in [1.165, 1.54) is 4.57 Å². The fourth-order valence-corrected chi connectivity index (χ4v) is 4.66. The maximum absolute atomic E-state index is 11.8. The lowest BCUT2D eigenvalue weighted by Crippen LogP contribution is -2.21. The van der Waals surface area contributed by atoms with Gasteiger partial charge in [0.15, 0.2) is 11.5 Å². The number of nitrogens with one attached hydrogen (secondary N) is 2. The molecule has 2 aromatic carbocycles. The molecule has 0 spiro atoms. The zero-order chi connectivity index (χ0) is 25.8. The molecule has 0 aliphatic carbocycles. The van der Waals surface area contributed by atoms with E-state index in [9.17, 15) is 9.90 Å². The normalized spacial score (nSPS) is 11.8.